The monoisotopic (exact) mass is 377 g/mol. The van der Waals surface area contributed by atoms with Crippen molar-refractivity contribution in [2.45, 2.75) is 31.8 Å². The molecule has 0 amide bonds. The van der Waals surface area contributed by atoms with Gasteiger partial charge >= 0.3 is 0 Å². The average molecular weight is 377 g/mol. The van der Waals surface area contributed by atoms with Gasteiger partial charge in [0.1, 0.15) is 19.0 Å². The number of H-pyrrole nitrogens is 1. The molecule has 0 unspecified atom stereocenters. The fourth-order valence-electron chi connectivity index (χ4n) is 4.34. The highest BCUT2D eigenvalue weighted by Crippen LogP contribution is 2.41. The number of hydrogen-bond acceptors (Lipinski definition) is 5. The van der Waals surface area contributed by atoms with Crippen molar-refractivity contribution in [2.75, 3.05) is 19.8 Å². The normalized spacial score (nSPS) is 20.4. The van der Waals surface area contributed by atoms with E-state index in [2.05, 4.69) is 28.9 Å². The summed E-state index contributed by atoms with van der Waals surface area (Å²) in [4.78, 5) is 22.6. The molecule has 2 aromatic carbocycles. The predicted octanol–water partition coefficient (Wildman–Crippen LogP) is 3.59. The van der Waals surface area contributed by atoms with Gasteiger partial charge in [0, 0.05) is 6.04 Å². The molecule has 3 aromatic rings. The molecule has 28 heavy (non-hydrogen) atoms. The summed E-state index contributed by atoms with van der Waals surface area (Å²) in [6.45, 7) is 4.27. The maximum absolute atomic E-state index is 12.5. The molecule has 6 nitrogen and oxygen atoms in total. The van der Waals surface area contributed by atoms with Gasteiger partial charge in [-0.3, -0.25) is 9.69 Å². The number of ether oxygens (including phenoxy) is 2. The van der Waals surface area contributed by atoms with E-state index in [-0.39, 0.29) is 17.6 Å². The number of benzene rings is 2. The minimum Gasteiger partial charge on any atom is -0.486 e. The van der Waals surface area contributed by atoms with Crippen molar-refractivity contribution in [1.82, 2.24) is 14.9 Å². The molecule has 2 atom stereocenters. The maximum Gasteiger partial charge on any atom is 0.258 e. The van der Waals surface area contributed by atoms with Crippen LogP contribution in [0.5, 0.6) is 11.5 Å². The molecule has 1 saturated heterocycles. The SMILES string of the molecule is C[C@@H](c1nc2ccccc2c(=O)[nH]1)N1CCC[C@@H]1c1ccc2c(c1)OCCO2. The van der Waals surface area contributed by atoms with Crippen LogP contribution in [0.2, 0.25) is 0 Å². The third-order valence-electron chi connectivity index (χ3n) is 5.77. The Morgan fingerprint density at radius 3 is 2.86 bits per heavy atom. The molecule has 0 spiro atoms. The second-order valence-electron chi connectivity index (χ2n) is 7.44. The fourth-order valence-corrected chi connectivity index (χ4v) is 4.34. The molecule has 2 aliphatic rings. The molecule has 144 valence electrons. The van der Waals surface area contributed by atoms with Crippen LogP contribution in [0, 0.1) is 0 Å². The molecule has 0 saturated carbocycles. The zero-order valence-electron chi connectivity index (χ0n) is 15.9. The summed E-state index contributed by atoms with van der Waals surface area (Å²) in [5.74, 6) is 2.35. The summed E-state index contributed by atoms with van der Waals surface area (Å²) < 4.78 is 11.4. The van der Waals surface area contributed by atoms with Crippen LogP contribution in [-0.2, 0) is 0 Å². The lowest BCUT2D eigenvalue weighted by Gasteiger charge is -2.31. The minimum absolute atomic E-state index is 0.0120. The lowest BCUT2D eigenvalue weighted by molar-refractivity contribution is 0.168. The van der Waals surface area contributed by atoms with Gasteiger partial charge in [-0.1, -0.05) is 18.2 Å². The number of aromatic amines is 1. The number of nitrogens with zero attached hydrogens (tertiary/aromatic N) is 2. The first-order valence-corrected chi connectivity index (χ1v) is 9.85. The van der Waals surface area contributed by atoms with E-state index in [4.69, 9.17) is 14.5 Å². The van der Waals surface area contributed by atoms with Crippen molar-refractivity contribution in [3.63, 3.8) is 0 Å². The number of nitrogens with one attached hydrogen (secondary N) is 1. The fraction of sp³-hybridized carbons (Fsp3) is 0.364. The highest BCUT2D eigenvalue weighted by molar-refractivity contribution is 5.77. The van der Waals surface area contributed by atoms with Gasteiger partial charge in [-0.05, 0) is 56.1 Å². The zero-order chi connectivity index (χ0) is 19.1. The number of para-hydroxylation sites is 1. The van der Waals surface area contributed by atoms with Crippen LogP contribution < -0.4 is 15.0 Å². The van der Waals surface area contributed by atoms with Crippen molar-refractivity contribution >= 4 is 10.9 Å². The van der Waals surface area contributed by atoms with Crippen LogP contribution >= 0.6 is 0 Å². The summed E-state index contributed by atoms with van der Waals surface area (Å²) in [5.41, 5.74) is 1.88. The lowest BCUT2D eigenvalue weighted by Crippen LogP contribution is -2.29. The van der Waals surface area contributed by atoms with E-state index in [0.717, 1.165) is 36.4 Å². The van der Waals surface area contributed by atoms with Gasteiger partial charge in [-0.15, -0.1) is 0 Å². The molecule has 1 fully saturated rings. The predicted molar refractivity (Wildman–Crippen MR) is 107 cm³/mol. The van der Waals surface area contributed by atoms with Crippen LogP contribution in [0.25, 0.3) is 10.9 Å². The molecule has 0 bridgehead atoms. The Hall–Kier alpha value is -2.86. The van der Waals surface area contributed by atoms with Crippen molar-refractivity contribution in [2.24, 2.45) is 0 Å². The molecule has 1 N–H and O–H groups in total. The topological polar surface area (TPSA) is 67.5 Å². The van der Waals surface area contributed by atoms with E-state index in [1.807, 2.05) is 30.3 Å². The molecule has 3 heterocycles. The number of aromatic nitrogens is 2. The van der Waals surface area contributed by atoms with E-state index < -0.39 is 0 Å². The summed E-state index contributed by atoms with van der Waals surface area (Å²) in [7, 11) is 0. The van der Waals surface area contributed by atoms with Crippen molar-refractivity contribution in [3.05, 3.63) is 64.2 Å². The van der Waals surface area contributed by atoms with Crippen molar-refractivity contribution < 1.29 is 9.47 Å². The molecular formula is C22H23N3O3. The Bertz CT molecular complexity index is 1080. The van der Waals surface area contributed by atoms with Crippen molar-refractivity contribution in [1.29, 1.82) is 0 Å². The Kier molecular flexibility index (Phi) is 4.28. The molecule has 0 aliphatic carbocycles. The minimum atomic E-state index is -0.0810. The van der Waals surface area contributed by atoms with Crippen molar-refractivity contribution in [3.8, 4) is 11.5 Å². The second-order valence-corrected chi connectivity index (χ2v) is 7.44. The second kappa shape index (κ2) is 6.95. The Morgan fingerprint density at radius 2 is 1.96 bits per heavy atom. The molecular weight excluding hydrogens is 354 g/mol. The Labute approximate surface area is 163 Å². The smallest absolute Gasteiger partial charge is 0.258 e. The van der Waals surface area contributed by atoms with Gasteiger partial charge in [-0.2, -0.15) is 0 Å². The van der Waals surface area contributed by atoms with Crippen LogP contribution in [0.4, 0.5) is 0 Å². The molecule has 6 heteroatoms. The third kappa shape index (κ3) is 2.94. The van der Waals surface area contributed by atoms with Gasteiger partial charge in [-0.25, -0.2) is 4.98 Å². The summed E-state index contributed by atoms with van der Waals surface area (Å²) in [5, 5.41) is 0.628. The summed E-state index contributed by atoms with van der Waals surface area (Å²) >= 11 is 0. The van der Waals surface area contributed by atoms with Crippen LogP contribution in [-0.4, -0.2) is 34.6 Å². The van der Waals surface area contributed by atoms with E-state index in [1.54, 1.807) is 0 Å². The van der Waals surface area contributed by atoms with Crippen LogP contribution in [0.3, 0.4) is 0 Å². The lowest BCUT2D eigenvalue weighted by atomic mass is 10.0. The Balaban J connectivity index is 1.47. The van der Waals surface area contributed by atoms with Crippen LogP contribution in [0.15, 0.2) is 47.3 Å². The number of rotatable bonds is 3. The Morgan fingerprint density at radius 1 is 1.14 bits per heavy atom. The first-order chi connectivity index (χ1) is 13.7. The maximum atomic E-state index is 12.5. The summed E-state index contributed by atoms with van der Waals surface area (Å²) in [6.07, 6.45) is 2.18. The molecule has 0 radical (unpaired) electrons. The molecule has 5 rings (SSSR count). The van der Waals surface area contributed by atoms with Gasteiger partial charge in [0.25, 0.3) is 5.56 Å². The summed E-state index contributed by atoms with van der Waals surface area (Å²) in [6, 6.07) is 14.0. The molecule has 1 aromatic heterocycles. The zero-order valence-corrected chi connectivity index (χ0v) is 15.9. The van der Waals surface area contributed by atoms with Gasteiger partial charge in [0.05, 0.1) is 16.9 Å². The quantitative estimate of drug-likeness (QED) is 0.755. The van der Waals surface area contributed by atoms with E-state index >= 15 is 0 Å². The number of fused-ring (bicyclic) bond motifs is 2. The van der Waals surface area contributed by atoms with Gasteiger partial charge in [0.2, 0.25) is 0 Å². The largest absolute Gasteiger partial charge is 0.486 e. The number of likely N-dealkylation sites (tertiary alicyclic amines) is 1. The third-order valence-corrected chi connectivity index (χ3v) is 5.77. The number of hydrogen-bond donors (Lipinski definition) is 1. The average Bonchev–Trinajstić information content (AvgIpc) is 3.22. The first kappa shape index (κ1) is 17.3. The van der Waals surface area contributed by atoms with Gasteiger partial charge in [0.15, 0.2) is 11.5 Å². The highest BCUT2D eigenvalue weighted by Gasteiger charge is 2.32. The van der Waals surface area contributed by atoms with Gasteiger partial charge < -0.3 is 14.5 Å². The highest BCUT2D eigenvalue weighted by atomic mass is 16.6. The van der Waals surface area contributed by atoms with E-state index in [9.17, 15) is 4.79 Å². The standard InChI is InChI=1S/C22H23N3O3/c1-14(21-23-17-6-3-2-5-16(17)22(26)24-21)25-10-4-7-18(25)15-8-9-19-20(13-15)28-12-11-27-19/h2-3,5-6,8-9,13-14,18H,4,7,10-12H2,1H3,(H,23,24,26)/t14-,18+/m0/s1. The van der Waals surface area contributed by atoms with Crippen LogP contribution in [0.1, 0.15) is 43.2 Å². The van der Waals surface area contributed by atoms with E-state index in [0.29, 0.717) is 24.4 Å². The first-order valence-electron chi connectivity index (χ1n) is 9.85. The van der Waals surface area contributed by atoms with E-state index in [1.165, 1.54) is 5.56 Å². The molecule has 2 aliphatic heterocycles.